The van der Waals surface area contributed by atoms with Gasteiger partial charge in [-0.15, -0.1) is 10.2 Å². The van der Waals surface area contributed by atoms with E-state index in [1.807, 2.05) is 61.2 Å². The molecule has 6 nitrogen and oxygen atoms in total. The van der Waals surface area contributed by atoms with E-state index in [9.17, 15) is 4.79 Å². The van der Waals surface area contributed by atoms with Crippen molar-refractivity contribution < 1.29 is 13.9 Å². The predicted octanol–water partition coefficient (Wildman–Crippen LogP) is 3.65. The Hall–Kier alpha value is -2.99. The van der Waals surface area contributed by atoms with Gasteiger partial charge >= 0.3 is 0 Å². The van der Waals surface area contributed by atoms with Crippen LogP contribution in [0.3, 0.4) is 0 Å². The number of morpholine rings is 1. The molecule has 1 aliphatic rings. The van der Waals surface area contributed by atoms with Crippen molar-refractivity contribution in [3.63, 3.8) is 0 Å². The number of amides is 1. The quantitative estimate of drug-likeness (QED) is 0.710. The van der Waals surface area contributed by atoms with Crippen molar-refractivity contribution in [3.05, 3.63) is 60.2 Å². The molecule has 2 atom stereocenters. The first kappa shape index (κ1) is 17.4. The predicted molar refractivity (Wildman–Crippen MR) is 101 cm³/mol. The van der Waals surface area contributed by atoms with E-state index in [0.29, 0.717) is 30.4 Å². The van der Waals surface area contributed by atoms with Gasteiger partial charge in [0.25, 0.3) is 5.91 Å². The summed E-state index contributed by atoms with van der Waals surface area (Å²) in [7, 11) is 0. The first-order valence-corrected chi connectivity index (χ1v) is 9.04. The van der Waals surface area contributed by atoms with E-state index in [2.05, 4.69) is 10.2 Å². The Morgan fingerprint density at radius 3 is 2.04 bits per heavy atom. The average Bonchev–Trinajstić information content (AvgIpc) is 3.18. The van der Waals surface area contributed by atoms with E-state index in [1.165, 1.54) is 0 Å². The summed E-state index contributed by atoms with van der Waals surface area (Å²) in [6.45, 7) is 5.18. The minimum Gasteiger partial charge on any atom is -0.416 e. The molecule has 3 aromatic rings. The summed E-state index contributed by atoms with van der Waals surface area (Å²) < 4.78 is 11.5. The molecule has 1 aromatic heterocycles. The molecule has 6 heteroatoms. The molecule has 0 radical (unpaired) electrons. The highest BCUT2D eigenvalue weighted by molar-refractivity contribution is 5.94. The molecule has 0 bridgehead atoms. The Labute approximate surface area is 157 Å². The molecule has 1 aliphatic heterocycles. The highest BCUT2D eigenvalue weighted by atomic mass is 16.5. The molecular weight excluding hydrogens is 342 g/mol. The van der Waals surface area contributed by atoms with Gasteiger partial charge in [-0.2, -0.15) is 0 Å². The first-order valence-electron chi connectivity index (χ1n) is 9.04. The van der Waals surface area contributed by atoms with Crippen LogP contribution in [0.2, 0.25) is 0 Å². The molecule has 1 fully saturated rings. The lowest BCUT2D eigenvalue weighted by molar-refractivity contribution is -0.0586. The van der Waals surface area contributed by atoms with Crippen LogP contribution in [0.15, 0.2) is 59.0 Å². The van der Waals surface area contributed by atoms with Crippen LogP contribution in [0.1, 0.15) is 24.2 Å². The Balaban J connectivity index is 1.51. The van der Waals surface area contributed by atoms with Gasteiger partial charge in [0, 0.05) is 29.8 Å². The second kappa shape index (κ2) is 7.32. The summed E-state index contributed by atoms with van der Waals surface area (Å²) in [4.78, 5) is 14.6. The number of hydrogen-bond acceptors (Lipinski definition) is 5. The third-order valence-corrected chi connectivity index (χ3v) is 4.53. The average molecular weight is 363 g/mol. The lowest BCUT2D eigenvalue weighted by Gasteiger charge is -2.35. The number of nitrogens with zero attached hydrogens (tertiary/aromatic N) is 3. The van der Waals surface area contributed by atoms with Crippen molar-refractivity contribution in [1.82, 2.24) is 15.1 Å². The van der Waals surface area contributed by atoms with Gasteiger partial charge in [-0.25, -0.2) is 0 Å². The summed E-state index contributed by atoms with van der Waals surface area (Å²) in [5, 5.41) is 8.22. The highest BCUT2D eigenvalue weighted by Gasteiger charge is 2.26. The summed E-state index contributed by atoms with van der Waals surface area (Å²) in [6, 6.07) is 16.9. The van der Waals surface area contributed by atoms with E-state index < -0.39 is 0 Å². The topological polar surface area (TPSA) is 68.5 Å². The van der Waals surface area contributed by atoms with Crippen LogP contribution in [0.25, 0.3) is 22.9 Å². The van der Waals surface area contributed by atoms with Gasteiger partial charge in [0.2, 0.25) is 11.8 Å². The summed E-state index contributed by atoms with van der Waals surface area (Å²) in [5.74, 6) is 0.919. The SMILES string of the molecule is C[C@H]1CN(C(=O)c2ccc(-c3nnc(-c4ccccc4)o3)cc2)C[C@H](C)O1. The molecule has 1 saturated heterocycles. The van der Waals surface area contributed by atoms with Gasteiger partial charge in [0.15, 0.2) is 0 Å². The van der Waals surface area contributed by atoms with Crippen LogP contribution in [-0.4, -0.2) is 46.3 Å². The Morgan fingerprint density at radius 2 is 1.44 bits per heavy atom. The maximum absolute atomic E-state index is 12.7. The van der Waals surface area contributed by atoms with Gasteiger partial charge in [0.1, 0.15) is 0 Å². The summed E-state index contributed by atoms with van der Waals surface area (Å²) >= 11 is 0. The Bertz CT molecular complexity index is 911. The minimum absolute atomic E-state index is 0.0130. The molecule has 4 rings (SSSR count). The summed E-state index contributed by atoms with van der Waals surface area (Å²) in [6.07, 6.45) is 0.0959. The third-order valence-electron chi connectivity index (χ3n) is 4.53. The van der Waals surface area contributed by atoms with Gasteiger partial charge in [-0.1, -0.05) is 18.2 Å². The summed E-state index contributed by atoms with van der Waals surface area (Å²) in [5.41, 5.74) is 2.30. The first-order chi connectivity index (χ1) is 13.1. The fourth-order valence-corrected chi connectivity index (χ4v) is 3.32. The van der Waals surface area contributed by atoms with Crippen LogP contribution < -0.4 is 0 Å². The number of aromatic nitrogens is 2. The van der Waals surface area contributed by atoms with E-state index in [0.717, 1.165) is 11.1 Å². The molecule has 2 aromatic carbocycles. The number of carbonyl (C=O) groups excluding carboxylic acids is 1. The van der Waals surface area contributed by atoms with Crippen LogP contribution in [0.4, 0.5) is 0 Å². The van der Waals surface area contributed by atoms with Gasteiger partial charge in [-0.05, 0) is 50.2 Å². The zero-order valence-corrected chi connectivity index (χ0v) is 15.3. The van der Waals surface area contributed by atoms with Crippen molar-refractivity contribution in [1.29, 1.82) is 0 Å². The largest absolute Gasteiger partial charge is 0.416 e. The Kier molecular flexibility index (Phi) is 4.73. The molecule has 1 amide bonds. The second-order valence-electron chi connectivity index (χ2n) is 6.82. The fraction of sp³-hybridized carbons (Fsp3) is 0.286. The lowest BCUT2D eigenvalue weighted by atomic mass is 10.1. The fourth-order valence-electron chi connectivity index (χ4n) is 3.32. The third kappa shape index (κ3) is 3.75. The van der Waals surface area contributed by atoms with Gasteiger partial charge < -0.3 is 14.1 Å². The van der Waals surface area contributed by atoms with Crippen molar-refractivity contribution in [2.24, 2.45) is 0 Å². The van der Waals surface area contributed by atoms with Crippen molar-refractivity contribution in [2.75, 3.05) is 13.1 Å². The number of carbonyl (C=O) groups is 1. The molecule has 0 aliphatic carbocycles. The number of rotatable bonds is 3. The molecule has 138 valence electrons. The monoisotopic (exact) mass is 363 g/mol. The van der Waals surface area contributed by atoms with Gasteiger partial charge in [0.05, 0.1) is 12.2 Å². The number of ether oxygens (including phenoxy) is 1. The maximum Gasteiger partial charge on any atom is 0.254 e. The molecule has 27 heavy (non-hydrogen) atoms. The molecule has 0 spiro atoms. The van der Waals surface area contributed by atoms with Crippen LogP contribution >= 0.6 is 0 Å². The van der Waals surface area contributed by atoms with Crippen molar-refractivity contribution in [3.8, 4) is 22.9 Å². The highest BCUT2D eigenvalue weighted by Crippen LogP contribution is 2.24. The second-order valence-corrected chi connectivity index (χ2v) is 6.82. The molecule has 0 unspecified atom stereocenters. The van der Waals surface area contributed by atoms with E-state index in [1.54, 1.807) is 12.1 Å². The normalized spacial score (nSPS) is 19.9. The maximum atomic E-state index is 12.7. The van der Waals surface area contributed by atoms with E-state index in [4.69, 9.17) is 9.15 Å². The number of benzene rings is 2. The molecule has 0 N–H and O–H groups in total. The molecular formula is C21H21N3O3. The van der Waals surface area contributed by atoms with Crippen LogP contribution in [0.5, 0.6) is 0 Å². The standard InChI is InChI=1S/C21H21N3O3/c1-14-12-24(13-15(2)26-14)21(25)18-10-8-17(9-11-18)20-23-22-19(27-20)16-6-4-3-5-7-16/h3-11,14-15H,12-13H2,1-2H3/t14-,15-/m0/s1. The van der Waals surface area contributed by atoms with Crippen LogP contribution in [-0.2, 0) is 4.74 Å². The zero-order valence-electron chi connectivity index (χ0n) is 15.3. The lowest BCUT2D eigenvalue weighted by Crippen LogP contribution is -2.48. The van der Waals surface area contributed by atoms with E-state index >= 15 is 0 Å². The molecule has 2 heterocycles. The van der Waals surface area contributed by atoms with Crippen LogP contribution in [0, 0.1) is 0 Å². The number of hydrogen-bond donors (Lipinski definition) is 0. The zero-order chi connectivity index (χ0) is 18.8. The van der Waals surface area contributed by atoms with E-state index in [-0.39, 0.29) is 18.1 Å². The smallest absolute Gasteiger partial charge is 0.254 e. The van der Waals surface area contributed by atoms with Gasteiger partial charge in [-0.3, -0.25) is 4.79 Å². The van der Waals surface area contributed by atoms with Crippen molar-refractivity contribution >= 4 is 5.91 Å². The minimum atomic E-state index is 0.0130. The van der Waals surface area contributed by atoms with Crippen molar-refractivity contribution in [2.45, 2.75) is 26.1 Å². The molecule has 0 saturated carbocycles. The Morgan fingerprint density at radius 1 is 0.889 bits per heavy atom.